The van der Waals surface area contributed by atoms with E-state index in [1.807, 2.05) is 25.1 Å². The topological polar surface area (TPSA) is 79.2 Å². The maximum Gasteiger partial charge on any atom is 0.341 e. The fraction of sp³-hybridized carbons (Fsp3) is 0.381. The summed E-state index contributed by atoms with van der Waals surface area (Å²) in [6.45, 7) is 6.19. The lowest BCUT2D eigenvalue weighted by Crippen LogP contribution is -2.17. The first-order valence-electron chi connectivity index (χ1n) is 9.24. The molecule has 1 amide bonds. The molecule has 0 saturated carbocycles. The van der Waals surface area contributed by atoms with E-state index in [4.69, 9.17) is 4.74 Å². The molecule has 1 aliphatic carbocycles. The minimum Gasteiger partial charge on any atom is -0.462 e. The lowest BCUT2D eigenvalue weighted by Gasteiger charge is -2.18. The Morgan fingerprint density at radius 2 is 2.18 bits per heavy atom. The van der Waals surface area contributed by atoms with Crippen molar-refractivity contribution < 1.29 is 14.3 Å². The zero-order chi connectivity index (χ0) is 20.3. The molecule has 2 aromatic rings. The second kappa shape index (κ2) is 8.72. The van der Waals surface area contributed by atoms with Crippen molar-refractivity contribution in [2.45, 2.75) is 40.0 Å². The number of carbonyl (C=O) groups is 2. The molecule has 0 saturated heterocycles. The minimum atomic E-state index is -0.509. The molecule has 146 valence electrons. The molecule has 1 aliphatic rings. The number of esters is 1. The molecule has 2 aromatic heterocycles. The molecule has 7 heteroatoms. The Labute approximate surface area is 172 Å². The molecule has 5 nitrogen and oxygen atoms in total. The van der Waals surface area contributed by atoms with Crippen molar-refractivity contribution in [1.29, 1.82) is 5.26 Å². The maximum absolute atomic E-state index is 12.7. The standard InChI is InChI=1S/C21H22N2O3S2/c1-4-26-21(25)18-16-8-5-12(2)9-17(16)28-20(18)23-19(24)14(11-22)10-15-7-6-13(3)27-15/h6-7,10,12H,4-5,8-9H2,1-3H3,(H,23,24). The van der Waals surface area contributed by atoms with E-state index in [-0.39, 0.29) is 12.2 Å². The Morgan fingerprint density at radius 1 is 1.39 bits per heavy atom. The molecule has 0 radical (unpaired) electrons. The molecular formula is C21H22N2O3S2. The maximum atomic E-state index is 12.7. The third-order valence-electron chi connectivity index (χ3n) is 4.63. The molecule has 0 aromatic carbocycles. The Kier molecular flexibility index (Phi) is 6.32. The molecule has 1 unspecified atom stereocenters. The number of nitriles is 1. The summed E-state index contributed by atoms with van der Waals surface area (Å²) in [4.78, 5) is 28.3. The first-order valence-corrected chi connectivity index (χ1v) is 10.9. The van der Waals surface area contributed by atoms with Crippen LogP contribution in [-0.2, 0) is 22.4 Å². The summed E-state index contributed by atoms with van der Waals surface area (Å²) in [6.07, 6.45) is 4.27. The van der Waals surface area contributed by atoms with E-state index in [1.54, 1.807) is 13.0 Å². The van der Waals surface area contributed by atoms with Gasteiger partial charge >= 0.3 is 5.97 Å². The highest BCUT2D eigenvalue weighted by Crippen LogP contribution is 2.40. The number of nitrogens with one attached hydrogen (secondary N) is 1. The van der Waals surface area contributed by atoms with Crippen molar-refractivity contribution in [3.63, 3.8) is 0 Å². The number of rotatable bonds is 5. The van der Waals surface area contributed by atoms with Crippen molar-refractivity contribution in [3.8, 4) is 6.07 Å². The van der Waals surface area contributed by atoms with E-state index in [9.17, 15) is 14.9 Å². The van der Waals surface area contributed by atoms with E-state index in [0.29, 0.717) is 16.5 Å². The van der Waals surface area contributed by atoms with Crippen molar-refractivity contribution in [2.75, 3.05) is 11.9 Å². The predicted molar refractivity (Wildman–Crippen MR) is 113 cm³/mol. The van der Waals surface area contributed by atoms with Crippen molar-refractivity contribution in [1.82, 2.24) is 0 Å². The lowest BCUT2D eigenvalue weighted by molar-refractivity contribution is -0.112. The number of nitrogens with zero attached hydrogens (tertiary/aromatic N) is 1. The Balaban J connectivity index is 1.92. The molecule has 1 atom stereocenters. The van der Waals surface area contributed by atoms with Crippen LogP contribution in [0.25, 0.3) is 6.08 Å². The summed E-state index contributed by atoms with van der Waals surface area (Å²) in [6, 6.07) is 5.78. The highest BCUT2D eigenvalue weighted by molar-refractivity contribution is 7.17. The van der Waals surface area contributed by atoms with Gasteiger partial charge < -0.3 is 10.1 Å². The van der Waals surface area contributed by atoms with Crippen LogP contribution in [0.15, 0.2) is 17.7 Å². The number of carbonyl (C=O) groups excluding carboxylic acids is 2. The summed E-state index contributed by atoms with van der Waals surface area (Å²) in [5.41, 5.74) is 1.44. The first kappa shape index (κ1) is 20.3. The SMILES string of the molecule is CCOC(=O)c1c(NC(=O)C(C#N)=Cc2ccc(C)s2)sc2c1CCC(C)C2. The zero-order valence-electron chi connectivity index (χ0n) is 16.1. The average Bonchev–Trinajstić information content (AvgIpc) is 3.21. The third-order valence-corrected chi connectivity index (χ3v) is 6.75. The molecule has 0 aliphatic heterocycles. The quantitative estimate of drug-likeness (QED) is 0.426. The van der Waals surface area contributed by atoms with Crippen LogP contribution in [0.5, 0.6) is 0 Å². The fourth-order valence-corrected chi connectivity index (χ4v) is 5.46. The van der Waals surface area contributed by atoms with E-state index in [2.05, 4.69) is 12.2 Å². The van der Waals surface area contributed by atoms with Gasteiger partial charge in [-0.15, -0.1) is 22.7 Å². The summed E-state index contributed by atoms with van der Waals surface area (Å²) in [5.74, 6) is -0.381. The van der Waals surface area contributed by atoms with Crippen LogP contribution in [0.4, 0.5) is 5.00 Å². The van der Waals surface area contributed by atoms with Gasteiger partial charge in [-0.05, 0) is 62.8 Å². The Bertz CT molecular complexity index is 978. The minimum absolute atomic E-state index is 0.0106. The number of anilines is 1. The van der Waals surface area contributed by atoms with Crippen LogP contribution in [0, 0.1) is 24.2 Å². The van der Waals surface area contributed by atoms with E-state index >= 15 is 0 Å². The highest BCUT2D eigenvalue weighted by atomic mass is 32.1. The average molecular weight is 415 g/mol. The van der Waals surface area contributed by atoms with Gasteiger partial charge in [0.1, 0.15) is 16.6 Å². The van der Waals surface area contributed by atoms with E-state index < -0.39 is 11.9 Å². The first-order chi connectivity index (χ1) is 13.4. The smallest absolute Gasteiger partial charge is 0.341 e. The van der Waals surface area contributed by atoms with Gasteiger partial charge in [-0.2, -0.15) is 5.26 Å². The normalized spacial score (nSPS) is 16.2. The lowest BCUT2D eigenvalue weighted by atomic mass is 9.88. The number of ether oxygens (including phenoxy) is 1. The summed E-state index contributed by atoms with van der Waals surface area (Å²) in [5, 5.41) is 12.7. The number of thiophene rings is 2. The molecule has 28 heavy (non-hydrogen) atoms. The summed E-state index contributed by atoms with van der Waals surface area (Å²) >= 11 is 2.93. The summed E-state index contributed by atoms with van der Waals surface area (Å²) in [7, 11) is 0. The van der Waals surface area contributed by atoms with E-state index in [0.717, 1.165) is 39.5 Å². The molecule has 0 fully saturated rings. The van der Waals surface area contributed by atoms with Gasteiger partial charge in [-0.1, -0.05) is 6.92 Å². The number of hydrogen-bond acceptors (Lipinski definition) is 6. The van der Waals surface area contributed by atoms with Gasteiger partial charge in [0.2, 0.25) is 0 Å². The van der Waals surface area contributed by atoms with Gasteiger partial charge in [-0.25, -0.2) is 4.79 Å². The molecule has 0 bridgehead atoms. The molecule has 0 spiro atoms. The van der Waals surface area contributed by atoms with Crippen molar-refractivity contribution in [3.05, 3.63) is 43.5 Å². The largest absolute Gasteiger partial charge is 0.462 e. The van der Waals surface area contributed by atoms with Gasteiger partial charge in [-0.3, -0.25) is 4.79 Å². The second-order valence-electron chi connectivity index (χ2n) is 6.85. The monoisotopic (exact) mass is 414 g/mol. The summed E-state index contributed by atoms with van der Waals surface area (Å²) < 4.78 is 5.23. The zero-order valence-corrected chi connectivity index (χ0v) is 17.8. The Hall–Kier alpha value is -2.43. The number of fused-ring (bicyclic) bond motifs is 1. The number of amides is 1. The van der Waals surface area contributed by atoms with Crippen LogP contribution in [0.2, 0.25) is 0 Å². The molecular weight excluding hydrogens is 392 g/mol. The van der Waals surface area contributed by atoms with Gasteiger partial charge in [0.25, 0.3) is 5.91 Å². The van der Waals surface area contributed by atoms with Crippen molar-refractivity contribution in [2.24, 2.45) is 5.92 Å². The van der Waals surface area contributed by atoms with Crippen molar-refractivity contribution >= 4 is 45.6 Å². The van der Waals surface area contributed by atoms with Crippen LogP contribution in [0.1, 0.15) is 50.8 Å². The highest BCUT2D eigenvalue weighted by Gasteiger charge is 2.29. The van der Waals surface area contributed by atoms with Crippen LogP contribution in [-0.4, -0.2) is 18.5 Å². The predicted octanol–water partition coefficient (Wildman–Crippen LogP) is 4.97. The van der Waals surface area contributed by atoms with Crippen LogP contribution < -0.4 is 5.32 Å². The Morgan fingerprint density at radius 3 is 2.82 bits per heavy atom. The van der Waals surface area contributed by atoms with Gasteiger partial charge in [0.05, 0.1) is 12.2 Å². The van der Waals surface area contributed by atoms with Gasteiger partial charge in [0.15, 0.2) is 0 Å². The second-order valence-corrected chi connectivity index (χ2v) is 9.27. The third kappa shape index (κ3) is 4.34. The van der Waals surface area contributed by atoms with Crippen LogP contribution >= 0.6 is 22.7 Å². The fourth-order valence-electron chi connectivity index (χ4n) is 3.25. The van der Waals surface area contributed by atoms with E-state index in [1.165, 1.54) is 22.7 Å². The molecule has 2 heterocycles. The molecule has 1 N–H and O–H groups in total. The van der Waals surface area contributed by atoms with Crippen LogP contribution in [0.3, 0.4) is 0 Å². The number of aryl methyl sites for hydroxylation is 1. The van der Waals surface area contributed by atoms with Gasteiger partial charge in [0, 0.05) is 14.6 Å². The molecule has 3 rings (SSSR count). The number of hydrogen-bond donors (Lipinski definition) is 1.